The predicted octanol–water partition coefficient (Wildman–Crippen LogP) is 6.38. The fraction of sp³-hybridized carbons (Fsp3) is 0. The van der Waals surface area contributed by atoms with Crippen LogP contribution in [0.15, 0.2) is 73.8 Å². The maximum atomic E-state index is 4.12. The van der Waals surface area contributed by atoms with Gasteiger partial charge in [0.1, 0.15) is 0 Å². The Kier molecular flexibility index (Phi) is 2.41. The van der Waals surface area contributed by atoms with Crippen molar-refractivity contribution in [3.63, 3.8) is 0 Å². The minimum absolute atomic E-state index is 1.08. The first kappa shape index (κ1) is 13.7. The lowest BCUT2D eigenvalue weighted by Gasteiger charge is -2.14. The van der Waals surface area contributed by atoms with Gasteiger partial charge in [-0.05, 0) is 24.3 Å². The van der Waals surface area contributed by atoms with Gasteiger partial charge in [-0.15, -0.1) is 0 Å². The second-order valence-corrected chi connectivity index (χ2v) is 6.74. The van der Waals surface area contributed by atoms with E-state index in [1.165, 1.54) is 43.6 Å². The summed E-state index contributed by atoms with van der Waals surface area (Å²) in [5, 5.41) is 5.09. The lowest BCUT2D eigenvalue weighted by atomic mass is 10.1. The third-order valence-electron chi connectivity index (χ3n) is 5.60. The quantitative estimate of drug-likeness (QED) is 0.348. The molecule has 2 heteroatoms. The molecule has 6 rings (SSSR count). The summed E-state index contributed by atoms with van der Waals surface area (Å²) in [6.45, 7) is 8.23. The molecule has 0 aliphatic carbocycles. The molecule has 0 radical (unpaired) electrons. The first-order chi connectivity index (χ1) is 12.8. The van der Waals surface area contributed by atoms with Crippen LogP contribution >= 0.6 is 0 Å². The van der Waals surface area contributed by atoms with Gasteiger partial charge in [0.05, 0.1) is 33.5 Å². The van der Waals surface area contributed by atoms with Crippen LogP contribution in [0.2, 0.25) is 0 Å². The summed E-state index contributed by atoms with van der Waals surface area (Å²) in [7, 11) is 0. The van der Waals surface area contributed by atoms with Gasteiger partial charge in [-0.2, -0.15) is 0 Å². The Morgan fingerprint density at radius 3 is 1.38 bits per heavy atom. The molecule has 3 heterocycles. The van der Waals surface area contributed by atoms with Gasteiger partial charge in [-0.1, -0.05) is 61.7 Å². The number of fused-ring (bicyclic) bond motifs is 6. The van der Waals surface area contributed by atoms with Gasteiger partial charge in [0.15, 0.2) is 0 Å². The highest BCUT2D eigenvalue weighted by Gasteiger charge is 2.22. The standard InChI is InChI=1S/C24H16N2/c1-3-19-20(4-2)26-22-12-8-6-10-16(22)18-14-13-17-15-9-5-7-11-21(15)25(19)23(17)24(18)26/h3-14H,1-2H2. The maximum absolute atomic E-state index is 4.12. The Balaban J connectivity index is 2.14. The fourth-order valence-electron chi connectivity index (χ4n) is 4.62. The summed E-state index contributed by atoms with van der Waals surface area (Å²) >= 11 is 0. The highest BCUT2D eigenvalue weighted by molar-refractivity contribution is 6.23. The lowest BCUT2D eigenvalue weighted by Crippen LogP contribution is -2.03. The van der Waals surface area contributed by atoms with E-state index >= 15 is 0 Å². The third kappa shape index (κ3) is 1.36. The minimum atomic E-state index is 1.08. The zero-order valence-corrected chi connectivity index (χ0v) is 14.2. The van der Waals surface area contributed by atoms with Crippen LogP contribution in [0.3, 0.4) is 0 Å². The third-order valence-corrected chi connectivity index (χ3v) is 5.60. The van der Waals surface area contributed by atoms with Gasteiger partial charge in [0, 0.05) is 21.5 Å². The highest BCUT2D eigenvalue weighted by atomic mass is 15.0. The van der Waals surface area contributed by atoms with Crippen LogP contribution in [0, 0.1) is 0 Å². The first-order valence-electron chi connectivity index (χ1n) is 8.80. The Morgan fingerprint density at radius 2 is 0.962 bits per heavy atom. The number of nitrogens with zero attached hydrogens (tertiary/aromatic N) is 2. The molecule has 0 unspecified atom stereocenters. The predicted molar refractivity (Wildman–Crippen MR) is 112 cm³/mol. The van der Waals surface area contributed by atoms with E-state index in [1.54, 1.807) is 0 Å². The van der Waals surface area contributed by atoms with Crippen molar-refractivity contribution < 1.29 is 0 Å². The van der Waals surface area contributed by atoms with Crippen molar-refractivity contribution in [3.05, 3.63) is 85.2 Å². The Morgan fingerprint density at radius 1 is 0.538 bits per heavy atom. The highest BCUT2D eigenvalue weighted by Crippen LogP contribution is 2.41. The number of hydrogen-bond donors (Lipinski definition) is 0. The molecule has 0 N–H and O–H groups in total. The largest absolute Gasteiger partial charge is 0.305 e. The Hall–Kier alpha value is -3.52. The van der Waals surface area contributed by atoms with Crippen LogP contribution in [0.4, 0.5) is 0 Å². The van der Waals surface area contributed by atoms with Crippen LogP contribution in [0.5, 0.6) is 0 Å². The van der Waals surface area contributed by atoms with Crippen molar-refractivity contribution in [1.29, 1.82) is 0 Å². The van der Waals surface area contributed by atoms with Gasteiger partial charge in [-0.25, -0.2) is 0 Å². The zero-order valence-electron chi connectivity index (χ0n) is 14.2. The maximum Gasteiger partial charge on any atom is 0.0789 e. The molecule has 0 aliphatic rings. The van der Waals surface area contributed by atoms with Crippen molar-refractivity contribution in [2.45, 2.75) is 0 Å². The zero-order chi connectivity index (χ0) is 17.4. The van der Waals surface area contributed by atoms with Crippen molar-refractivity contribution in [3.8, 4) is 0 Å². The molecule has 0 bridgehead atoms. The molecule has 26 heavy (non-hydrogen) atoms. The van der Waals surface area contributed by atoms with E-state index in [2.05, 4.69) is 82.6 Å². The molecular formula is C24H16N2. The molecule has 3 aromatic heterocycles. The number of rotatable bonds is 2. The first-order valence-corrected chi connectivity index (χ1v) is 8.80. The second-order valence-electron chi connectivity index (χ2n) is 6.74. The summed E-state index contributed by atoms with van der Waals surface area (Å²) in [6, 6.07) is 21.7. The van der Waals surface area contributed by atoms with Crippen molar-refractivity contribution in [1.82, 2.24) is 8.80 Å². The normalized spacial score (nSPS) is 12.2. The molecule has 0 aliphatic heterocycles. The average molecular weight is 332 g/mol. The van der Waals surface area contributed by atoms with E-state index in [0.29, 0.717) is 0 Å². The molecular weight excluding hydrogens is 316 g/mol. The number of hydrogen-bond acceptors (Lipinski definition) is 0. The van der Waals surface area contributed by atoms with E-state index in [4.69, 9.17) is 0 Å². The van der Waals surface area contributed by atoms with Crippen LogP contribution in [-0.2, 0) is 0 Å². The van der Waals surface area contributed by atoms with Crippen LogP contribution < -0.4 is 0 Å². The van der Waals surface area contributed by atoms with E-state index in [1.807, 2.05) is 12.2 Å². The van der Waals surface area contributed by atoms with Crippen molar-refractivity contribution >= 4 is 55.8 Å². The average Bonchev–Trinajstić information content (AvgIpc) is 3.20. The summed E-state index contributed by atoms with van der Waals surface area (Å²) in [4.78, 5) is 0. The smallest absolute Gasteiger partial charge is 0.0789 e. The molecule has 6 aromatic rings. The second kappa shape index (κ2) is 4.55. The van der Waals surface area contributed by atoms with Gasteiger partial charge >= 0.3 is 0 Å². The molecule has 0 saturated carbocycles. The Labute approximate surface area is 150 Å². The summed E-state index contributed by atoms with van der Waals surface area (Å²) in [5.41, 5.74) is 7.07. The van der Waals surface area contributed by atoms with E-state index in [0.717, 1.165) is 11.4 Å². The SMILES string of the molecule is C=Cc1c(C=C)n2c3ccccc3c3ccc4c5ccccc5n1c4c32. The van der Waals surface area contributed by atoms with Crippen LogP contribution in [-0.4, -0.2) is 8.80 Å². The molecule has 0 spiro atoms. The Bertz CT molecular complexity index is 1390. The summed E-state index contributed by atoms with van der Waals surface area (Å²) in [5.74, 6) is 0. The molecule has 2 nitrogen and oxygen atoms in total. The van der Waals surface area contributed by atoms with Gasteiger partial charge in [0.25, 0.3) is 0 Å². The molecule has 0 atom stereocenters. The van der Waals surface area contributed by atoms with Crippen LogP contribution in [0.25, 0.3) is 55.8 Å². The molecule has 0 amide bonds. The number of aromatic nitrogens is 2. The number of para-hydroxylation sites is 2. The van der Waals surface area contributed by atoms with E-state index in [-0.39, 0.29) is 0 Å². The lowest BCUT2D eigenvalue weighted by molar-refractivity contribution is 1.12. The molecule has 3 aromatic carbocycles. The fourth-order valence-corrected chi connectivity index (χ4v) is 4.62. The van der Waals surface area contributed by atoms with Crippen molar-refractivity contribution in [2.75, 3.05) is 0 Å². The monoisotopic (exact) mass is 332 g/mol. The molecule has 122 valence electrons. The van der Waals surface area contributed by atoms with Crippen molar-refractivity contribution in [2.24, 2.45) is 0 Å². The molecule has 0 fully saturated rings. The number of benzene rings is 3. The minimum Gasteiger partial charge on any atom is -0.305 e. The van der Waals surface area contributed by atoms with E-state index < -0.39 is 0 Å². The van der Waals surface area contributed by atoms with E-state index in [9.17, 15) is 0 Å². The van der Waals surface area contributed by atoms with Gasteiger partial charge in [0.2, 0.25) is 0 Å². The summed E-state index contributed by atoms with van der Waals surface area (Å²) < 4.78 is 4.69. The van der Waals surface area contributed by atoms with Crippen LogP contribution in [0.1, 0.15) is 11.4 Å². The van der Waals surface area contributed by atoms with Gasteiger partial charge in [-0.3, -0.25) is 0 Å². The molecule has 0 saturated heterocycles. The van der Waals surface area contributed by atoms with Gasteiger partial charge < -0.3 is 8.80 Å². The summed E-state index contributed by atoms with van der Waals surface area (Å²) in [6.07, 6.45) is 3.89. The topological polar surface area (TPSA) is 8.82 Å².